The topological polar surface area (TPSA) is 64.4 Å². The zero-order valence-electron chi connectivity index (χ0n) is 15.3. The molecule has 1 spiro atoms. The Kier molecular flexibility index (Phi) is 3.95. The summed E-state index contributed by atoms with van der Waals surface area (Å²) in [5.41, 5.74) is 3.25. The van der Waals surface area contributed by atoms with Crippen molar-refractivity contribution in [2.24, 2.45) is 5.92 Å². The second-order valence-corrected chi connectivity index (χ2v) is 8.77. The summed E-state index contributed by atoms with van der Waals surface area (Å²) in [5, 5.41) is 9.18. The molecule has 5 nitrogen and oxygen atoms in total. The lowest BCUT2D eigenvalue weighted by Crippen LogP contribution is -2.50. The van der Waals surface area contributed by atoms with E-state index in [4.69, 9.17) is 0 Å². The van der Waals surface area contributed by atoms with Gasteiger partial charge in [0.25, 0.3) is 5.91 Å². The van der Waals surface area contributed by atoms with Crippen LogP contribution in [-0.2, 0) is 21.0 Å². The average molecular weight is 389 g/mol. The van der Waals surface area contributed by atoms with E-state index in [1.165, 1.54) is 0 Å². The molecule has 2 heterocycles. The molecule has 0 radical (unpaired) electrons. The second kappa shape index (κ2) is 6.39. The van der Waals surface area contributed by atoms with Crippen LogP contribution in [0, 0.1) is 17.2 Å². The largest absolute Gasteiger partial charge is 0.315 e. The molecule has 1 aliphatic carbocycles. The number of thioether (sulfide) groups is 1. The van der Waals surface area contributed by atoms with E-state index in [0.29, 0.717) is 18.7 Å². The predicted molar refractivity (Wildman–Crippen MR) is 107 cm³/mol. The first kappa shape index (κ1) is 17.3. The number of carbonyl (C=O) groups excluding carboxylic acids is 2. The number of amides is 2. The van der Waals surface area contributed by atoms with Crippen molar-refractivity contribution in [3.63, 3.8) is 0 Å². The molecule has 1 atom stereocenters. The zero-order valence-corrected chi connectivity index (χ0v) is 16.1. The molecule has 140 valence electrons. The minimum Gasteiger partial charge on any atom is -0.315 e. The van der Waals surface area contributed by atoms with Crippen molar-refractivity contribution in [2.45, 2.75) is 24.3 Å². The van der Waals surface area contributed by atoms with E-state index in [0.717, 1.165) is 35.4 Å². The summed E-state index contributed by atoms with van der Waals surface area (Å²) in [7, 11) is 0. The van der Waals surface area contributed by atoms with Crippen LogP contribution < -0.4 is 4.90 Å². The van der Waals surface area contributed by atoms with Crippen LogP contribution in [0.5, 0.6) is 0 Å². The highest BCUT2D eigenvalue weighted by atomic mass is 32.2. The fourth-order valence-corrected chi connectivity index (χ4v) is 5.69. The fraction of sp³-hybridized carbons (Fsp3) is 0.318. The SMILES string of the molecule is N#Cc1cccc(CN2C(=O)C3(SCCN3C(=O)C3CC3)c3ccccc32)c1. The quantitative estimate of drug-likeness (QED) is 0.808. The molecule has 28 heavy (non-hydrogen) atoms. The fourth-order valence-electron chi connectivity index (χ4n) is 4.22. The highest BCUT2D eigenvalue weighted by molar-refractivity contribution is 8.01. The van der Waals surface area contributed by atoms with Gasteiger partial charge in [-0.1, -0.05) is 30.3 Å². The summed E-state index contributed by atoms with van der Waals surface area (Å²) in [4.78, 5) is 29.4. The van der Waals surface area contributed by atoms with Gasteiger partial charge in [-0.15, -0.1) is 11.8 Å². The number of hydrogen-bond acceptors (Lipinski definition) is 4. The van der Waals surface area contributed by atoms with Crippen LogP contribution >= 0.6 is 11.8 Å². The molecule has 5 rings (SSSR count). The van der Waals surface area contributed by atoms with Crippen LogP contribution in [-0.4, -0.2) is 29.0 Å². The van der Waals surface area contributed by atoms with Gasteiger partial charge in [-0.05, 0) is 36.6 Å². The van der Waals surface area contributed by atoms with Gasteiger partial charge >= 0.3 is 0 Å². The summed E-state index contributed by atoms with van der Waals surface area (Å²) >= 11 is 1.57. The molecule has 2 amide bonds. The summed E-state index contributed by atoms with van der Waals surface area (Å²) in [6, 6.07) is 17.3. The highest BCUT2D eigenvalue weighted by Gasteiger charge is 2.60. The summed E-state index contributed by atoms with van der Waals surface area (Å²) in [5.74, 6) is 0.905. The molecule has 3 aliphatic rings. The molecule has 0 N–H and O–H groups in total. The molecule has 1 unspecified atom stereocenters. The number of hydrogen-bond donors (Lipinski definition) is 0. The van der Waals surface area contributed by atoms with Gasteiger partial charge in [0.15, 0.2) is 4.87 Å². The Bertz CT molecular complexity index is 1030. The van der Waals surface area contributed by atoms with Crippen LogP contribution in [0.3, 0.4) is 0 Å². The first-order chi connectivity index (χ1) is 13.6. The number of carbonyl (C=O) groups is 2. The standard InChI is InChI=1S/C22H19N3O2S/c23-13-15-4-3-5-16(12-15)14-24-19-7-2-1-6-18(19)22(21(24)27)25(10-11-28-22)20(26)17-8-9-17/h1-7,12,17H,8-11,14H2. The lowest BCUT2D eigenvalue weighted by molar-refractivity contribution is -0.141. The third-order valence-corrected chi connectivity index (χ3v) is 7.11. The van der Waals surface area contributed by atoms with E-state index in [9.17, 15) is 14.9 Å². The maximum absolute atomic E-state index is 13.7. The lowest BCUT2D eigenvalue weighted by Gasteiger charge is -2.33. The molecule has 1 saturated heterocycles. The zero-order chi connectivity index (χ0) is 19.3. The van der Waals surface area contributed by atoms with E-state index >= 15 is 0 Å². The van der Waals surface area contributed by atoms with Gasteiger partial charge < -0.3 is 9.80 Å². The molecule has 1 saturated carbocycles. The maximum Gasteiger partial charge on any atom is 0.268 e. The van der Waals surface area contributed by atoms with Crippen LogP contribution in [0.4, 0.5) is 5.69 Å². The van der Waals surface area contributed by atoms with Crippen LogP contribution in [0.25, 0.3) is 0 Å². The lowest BCUT2D eigenvalue weighted by atomic mass is 10.1. The van der Waals surface area contributed by atoms with E-state index < -0.39 is 4.87 Å². The van der Waals surface area contributed by atoms with Crippen LogP contribution in [0.2, 0.25) is 0 Å². The van der Waals surface area contributed by atoms with E-state index in [1.54, 1.807) is 22.7 Å². The first-order valence-corrected chi connectivity index (χ1v) is 10.5. The first-order valence-electron chi connectivity index (χ1n) is 9.51. The maximum atomic E-state index is 13.7. The number of rotatable bonds is 3. The summed E-state index contributed by atoms with van der Waals surface area (Å²) in [6.07, 6.45) is 1.85. The van der Waals surface area contributed by atoms with Crippen molar-refractivity contribution in [3.8, 4) is 6.07 Å². The third kappa shape index (κ3) is 2.46. The van der Waals surface area contributed by atoms with Gasteiger partial charge in [0.1, 0.15) is 0 Å². The van der Waals surface area contributed by atoms with E-state index in [1.807, 2.05) is 47.4 Å². The molecule has 0 aromatic heterocycles. The van der Waals surface area contributed by atoms with Crippen molar-refractivity contribution in [3.05, 3.63) is 65.2 Å². The number of benzene rings is 2. The molecular formula is C22H19N3O2S. The van der Waals surface area contributed by atoms with Crippen molar-refractivity contribution in [1.82, 2.24) is 4.90 Å². The van der Waals surface area contributed by atoms with Gasteiger partial charge in [0.05, 0.1) is 23.9 Å². The molecular weight excluding hydrogens is 370 g/mol. The normalized spacial score (nSPS) is 23.2. The smallest absolute Gasteiger partial charge is 0.268 e. The van der Waals surface area contributed by atoms with Gasteiger partial charge in [0, 0.05) is 23.8 Å². The minimum absolute atomic E-state index is 0.0486. The Balaban J connectivity index is 1.57. The van der Waals surface area contributed by atoms with Crippen LogP contribution in [0.15, 0.2) is 48.5 Å². The van der Waals surface area contributed by atoms with Gasteiger partial charge in [-0.25, -0.2) is 0 Å². The molecule has 0 bridgehead atoms. The molecule has 2 fully saturated rings. The molecule has 6 heteroatoms. The van der Waals surface area contributed by atoms with Crippen molar-refractivity contribution in [1.29, 1.82) is 5.26 Å². The summed E-state index contributed by atoms with van der Waals surface area (Å²) < 4.78 is 0. The molecule has 2 aromatic carbocycles. The number of anilines is 1. The predicted octanol–water partition coefficient (Wildman–Crippen LogP) is 3.24. The van der Waals surface area contributed by atoms with Crippen LogP contribution in [0.1, 0.15) is 29.5 Å². The Morgan fingerprint density at radius 1 is 1.21 bits per heavy atom. The Morgan fingerprint density at radius 3 is 2.82 bits per heavy atom. The third-order valence-electron chi connectivity index (χ3n) is 5.69. The van der Waals surface area contributed by atoms with Crippen molar-refractivity contribution < 1.29 is 9.59 Å². The van der Waals surface area contributed by atoms with E-state index in [-0.39, 0.29) is 17.7 Å². The summed E-state index contributed by atoms with van der Waals surface area (Å²) in [6.45, 7) is 0.997. The van der Waals surface area contributed by atoms with Gasteiger partial charge in [-0.2, -0.15) is 5.26 Å². The van der Waals surface area contributed by atoms with Crippen molar-refractivity contribution in [2.75, 3.05) is 17.2 Å². The number of fused-ring (bicyclic) bond motifs is 2. The number of nitrogens with zero attached hydrogens (tertiary/aromatic N) is 3. The van der Waals surface area contributed by atoms with E-state index in [2.05, 4.69) is 6.07 Å². The van der Waals surface area contributed by atoms with Gasteiger partial charge in [-0.3, -0.25) is 9.59 Å². The number of nitriles is 1. The Hall–Kier alpha value is -2.78. The second-order valence-electron chi connectivity index (χ2n) is 7.48. The molecule has 2 aromatic rings. The van der Waals surface area contributed by atoms with Crippen molar-refractivity contribution >= 4 is 29.3 Å². The molecule has 2 aliphatic heterocycles. The average Bonchev–Trinajstić information content (AvgIpc) is 3.45. The van der Waals surface area contributed by atoms with Gasteiger partial charge in [0.2, 0.25) is 5.91 Å². The Labute approximate surface area is 167 Å². The number of para-hydroxylation sites is 1. The highest BCUT2D eigenvalue weighted by Crippen LogP contribution is 2.55. The monoisotopic (exact) mass is 389 g/mol. The Morgan fingerprint density at radius 2 is 2.04 bits per heavy atom. The minimum atomic E-state index is -0.941.